The van der Waals surface area contributed by atoms with Crippen LogP contribution in [-0.4, -0.2) is 6.04 Å². The van der Waals surface area contributed by atoms with Gasteiger partial charge in [-0.3, -0.25) is 11.3 Å². The number of fused-ring (bicyclic) bond motifs is 1. The van der Waals surface area contributed by atoms with Crippen LogP contribution in [0.5, 0.6) is 0 Å². The largest absolute Gasteiger partial charge is 0.271 e. The Balaban J connectivity index is 1.77. The molecule has 0 radical (unpaired) electrons. The van der Waals surface area contributed by atoms with Crippen LogP contribution in [0.25, 0.3) is 0 Å². The number of nitrogens with two attached hydrogens (primary N) is 1. The molecule has 2 rings (SSSR count). The van der Waals surface area contributed by atoms with Gasteiger partial charge in [-0.25, -0.2) is 0 Å². The van der Waals surface area contributed by atoms with Gasteiger partial charge in [0, 0.05) is 6.04 Å². The lowest BCUT2D eigenvalue weighted by atomic mass is 9.91. The number of hydrazine groups is 1. The third kappa shape index (κ3) is 2.18. The second-order valence-electron chi connectivity index (χ2n) is 5.26. The summed E-state index contributed by atoms with van der Waals surface area (Å²) < 4.78 is 0. The number of rotatable bonds is 5. The molecule has 14 heavy (non-hydrogen) atoms. The lowest BCUT2D eigenvalue weighted by molar-refractivity contribution is 0.322. The van der Waals surface area contributed by atoms with E-state index in [0.717, 1.165) is 30.6 Å². The van der Waals surface area contributed by atoms with Gasteiger partial charge in [0.05, 0.1) is 0 Å². The van der Waals surface area contributed by atoms with E-state index in [1.54, 1.807) is 0 Å². The predicted octanol–water partition coefficient (Wildman–Crippen LogP) is 2.22. The first-order chi connectivity index (χ1) is 6.70. The van der Waals surface area contributed by atoms with Crippen LogP contribution in [0, 0.1) is 17.8 Å². The zero-order chi connectivity index (χ0) is 10.1. The summed E-state index contributed by atoms with van der Waals surface area (Å²) in [5, 5.41) is 0. The van der Waals surface area contributed by atoms with Crippen LogP contribution in [0.3, 0.4) is 0 Å². The molecule has 2 saturated carbocycles. The molecule has 0 aromatic carbocycles. The minimum atomic E-state index is 0.527. The fraction of sp³-hybridized carbons (Fsp3) is 0.833. The van der Waals surface area contributed by atoms with Crippen LogP contribution < -0.4 is 11.3 Å². The van der Waals surface area contributed by atoms with Gasteiger partial charge in [0.2, 0.25) is 0 Å². The van der Waals surface area contributed by atoms with E-state index in [4.69, 9.17) is 5.84 Å². The lowest BCUT2D eigenvalue weighted by Crippen LogP contribution is -2.40. The van der Waals surface area contributed by atoms with Crippen LogP contribution >= 0.6 is 0 Å². The Morgan fingerprint density at radius 2 is 2.07 bits per heavy atom. The van der Waals surface area contributed by atoms with Gasteiger partial charge in [-0.05, 0) is 56.8 Å². The third-order valence-corrected chi connectivity index (χ3v) is 3.95. The summed E-state index contributed by atoms with van der Waals surface area (Å²) in [5.74, 6) is 8.57. The first-order valence-corrected chi connectivity index (χ1v) is 5.81. The molecular formula is C12H22N2. The molecule has 3 atom stereocenters. The van der Waals surface area contributed by atoms with Gasteiger partial charge in [-0.2, -0.15) is 0 Å². The fourth-order valence-electron chi connectivity index (χ4n) is 2.95. The molecule has 0 spiro atoms. The minimum absolute atomic E-state index is 0.527. The Morgan fingerprint density at radius 1 is 1.43 bits per heavy atom. The molecule has 0 aromatic heterocycles. The smallest absolute Gasteiger partial charge is 0.0242 e. The third-order valence-electron chi connectivity index (χ3n) is 3.95. The highest BCUT2D eigenvalue weighted by Crippen LogP contribution is 2.55. The molecule has 0 aliphatic heterocycles. The van der Waals surface area contributed by atoms with Crippen LogP contribution in [-0.2, 0) is 0 Å². The van der Waals surface area contributed by atoms with Crippen LogP contribution in [0.15, 0.2) is 12.2 Å². The summed E-state index contributed by atoms with van der Waals surface area (Å²) in [4.78, 5) is 0. The molecule has 2 aliphatic carbocycles. The normalized spacial score (nSPS) is 36.6. The molecule has 2 aliphatic rings. The van der Waals surface area contributed by atoms with Gasteiger partial charge in [0.1, 0.15) is 0 Å². The van der Waals surface area contributed by atoms with E-state index in [0.29, 0.717) is 6.04 Å². The van der Waals surface area contributed by atoms with Gasteiger partial charge in [-0.15, -0.1) is 6.58 Å². The van der Waals surface area contributed by atoms with E-state index < -0.39 is 0 Å². The predicted molar refractivity (Wildman–Crippen MR) is 59.5 cm³/mol. The average molecular weight is 194 g/mol. The molecule has 2 heteroatoms. The second-order valence-corrected chi connectivity index (χ2v) is 5.26. The van der Waals surface area contributed by atoms with Crippen LogP contribution in [0.4, 0.5) is 0 Å². The van der Waals surface area contributed by atoms with Crippen molar-refractivity contribution in [1.82, 2.24) is 5.43 Å². The molecule has 3 N–H and O–H groups in total. The van der Waals surface area contributed by atoms with Gasteiger partial charge in [0.25, 0.3) is 0 Å². The molecule has 0 bridgehead atoms. The van der Waals surface area contributed by atoms with Crippen molar-refractivity contribution >= 4 is 0 Å². The summed E-state index contributed by atoms with van der Waals surface area (Å²) >= 11 is 0. The molecule has 2 fully saturated rings. The summed E-state index contributed by atoms with van der Waals surface area (Å²) in [7, 11) is 0. The highest BCUT2D eigenvalue weighted by Gasteiger charge is 2.47. The molecule has 0 heterocycles. The molecule has 0 aromatic rings. The van der Waals surface area contributed by atoms with E-state index in [-0.39, 0.29) is 0 Å². The van der Waals surface area contributed by atoms with Gasteiger partial charge >= 0.3 is 0 Å². The van der Waals surface area contributed by atoms with Crippen molar-refractivity contribution in [3.8, 4) is 0 Å². The molecule has 2 nitrogen and oxygen atoms in total. The van der Waals surface area contributed by atoms with Crippen molar-refractivity contribution in [2.75, 3.05) is 0 Å². The van der Waals surface area contributed by atoms with Crippen molar-refractivity contribution in [2.45, 2.75) is 45.1 Å². The van der Waals surface area contributed by atoms with E-state index >= 15 is 0 Å². The number of allylic oxidation sites excluding steroid dienone is 1. The van der Waals surface area contributed by atoms with Gasteiger partial charge < -0.3 is 0 Å². The Bertz CT molecular complexity index is 214. The molecule has 0 saturated heterocycles. The van der Waals surface area contributed by atoms with E-state index in [1.165, 1.54) is 24.8 Å². The standard InChI is InChI=1S/C12H22N2/c1-8(2)3-4-12(14-13)11-6-9-5-10(9)7-11/h9-12,14H,1,3-7,13H2,2H3. The first kappa shape index (κ1) is 10.2. The van der Waals surface area contributed by atoms with E-state index in [9.17, 15) is 0 Å². The summed E-state index contributed by atoms with van der Waals surface area (Å²) in [6, 6.07) is 0.527. The maximum atomic E-state index is 5.62. The van der Waals surface area contributed by atoms with Crippen molar-refractivity contribution in [3.05, 3.63) is 12.2 Å². The highest BCUT2D eigenvalue weighted by molar-refractivity contribution is 5.00. The van der Waals surface area contributed by atoms with E-state index in [2.05, 4.69) is 18.9 Å². The minimum Gasteiger partial charge on any atom is -0.271 e. The number of hydrogen-bond acceptors (Lipinski definition) is 2. The van der Waals surface area contributed by atoms with Crippen LogP contribution in [0.2, 0.25) is 0 Å². The van der Waals surface area contributed by atoms with E-state index in [1.807, 2.05) is 0 Å². The summed E-state index contributed by atoms with van der Waals surface area (Å²) in [5.41, 5.74) is 4.27. The zero-order valence-electron chi connectivity index (χ0n) is 9.13. The van der Waals surface area contributed by atoms with Crippen molar-refractivity contribution < 1.29 is 0 Å². The Morgan fingerprint density at radius 3 is 2.57 bits per heavy atom. The van der Waals surface area contributed by atoms with Gasteiger partial charge in [0.15, 0.2) is 0 Å². The Labute approximate surface area is 86.9 Å². The number of hydrogen-bond donors (Lipinski definition) is 2. The fourth-order valence-corrected chi connectivity index (χ4v) is 2.95. The molecule has 80 valence electrons. The first-order valence-electron chi connectivity index (χ1n) is 5.81. The maximum Gasteiger partial charge on any atom is 0.0242 e. The topological polar surface area (TPSA) is 38.0 Å². The number of nitrogens with one attached hydrogen (secondary N) is 1. The SMILES string of the molecule is C=C(C)CCC(NN)C1CC2CC2C1. The zero-order valence-corrected chi connectivity index (χ0v) is 9.13. The van der Waals surface area contributed by atoms with Crippen LogP contribution in [0.1, 0.15) is 39.0 Å². The second kappa shape index (κ2) is 4.03. The highest BCUT2D eigenvalue weighted by atomic mass is 15.2. The average Bonchev–Trinajstić information content (AvgIpc) is 2.75. The quantitative estimate of drug-likeness (QED) is 0.400. The summed E-state index contributed by atoms with van der Waals surface area (Å²) in [6.45, 7) is 6.04. The van der Waals surface area contributed by atoms with Crippen molar-refractivity contribution in [2.24, 2.45) is 23.6 Å². The Kier molecular flexibility index (Phi) is 2.93. The summed E-state index contributed by atoms with van der Waals surface area (Å²) in [6.07, 6.45) is 6.59. The molecule has 3 unspecified atom stereocenters. The van der Waals surface area contributed by atoms with Crippen molar-refractivity contribution in [3.63, 3.8) is 0 Å². The van der Waals surface area contributed by atoms with Gasteiger partial charge in [-0.1, -0.05) is 5.57 Å². The molecule has 0 amide bonds. The Hall–Kier alpha value is -0.340. The molecular weight excluding hydrogens is 172 g/mol. The monoisotopic (exact) mass is 194 g/mol. The lowest BCUT2D eigenvalue weighted by Gasteiger charge is -2.23. The maximum absolute atomic E-state index is 5.62. The van der Waals surface area contributed by atoms with Crippen molar-refractivity contribution in [1.29, 1.82) is 0 Å².